The second-order valence-electron chi connectivity index (χ2n) is 5.93. The van der Waals surface area contributed by atoms with E-state index < -0.39 is 0 Å². The Morgan fingerprint density at radius 1 is 1.12 bits per heavy atom. The third kappa shape index (κ3) is 3.42. The van der Waals surface area contributed by atoms with Gasteiger partial charge in [0.05, 0.1) is 6.20 Å². The lowest BCUT2D eigenvalue weighted by Crippen LogP contribution is -2.49. The van der Waals surface area contributed by atoms with E-state index in [1.54, 1.807) is 11.1 Å². The van der Waals surface area contributed by atoms with Gasteiger partial charge in [-0.15, -0.1) is 0 Å². The third-order valence-electron chi connectivity index (χ3n) is 3.92. The maximum absolute atomic E-state index is 12.4. The predicted molar refractivity (Wildman–Crippen MR) is 91.2 cm³/mol. The highest BCUT2D eigenvalue weighted by molar-refractivity contribution is 5.92. The largest absolute Gasteiger partial charge is 0.363 e. The number of carbonyl (C=O) groups is 1. The Morgan fingerprint density at radius 2 is 1.88 bits per heavy atom. The van der Waals surface area contributed by atoms with E-state index in [1.807, 2.05) is 32.0 Å². The molecule has 0 N–H and O–H groups in total. The summed E-state index contributed by atoms with van der Waals surface area (Å²) in [5.74, 6) is 1.52. The first kappa shape index (κ1) is 16.1. The van der Waals surface area contributed by atoms with E-state index in [4.69, 9.17) is 0 Å². The molecule has 1 aliphatic heterocycles. The van der Waals surface area contributed by atoms with Gasteiger partial charge in [0.2, 0.25) is 5.95 Å². The Bertz CT molecular complexity index is 712. The Labute approximate surface area is 141 Å². The maximum Gasteiger partial charge on any atom is 0.274 e. The maximum atomic E-state index is 12.4. The summed E-state index contributed by atoms with van der Waals surface area (Å²) in [5.41, 5.74) is 1.31. The van der Waals surface area contributed by atoms with Gasteiger partial charge in [0.1, 0.15) is 11.5 Å². The smallest absolute Gasteiger partial charge is 0.274 e. The van der Waals surface area contributed by atoms with Crippen LogP contribution in [0.4, 0.5) is 11.8 Å². The molecular weight excluding hydrogens is 306 g/mol. The first-order valence-corrected chi connectivity index (χ1v) is 7.88. The molecule has 8 heteroatoms. The number of nitrogens with zero attached hydrogens (tertiary/aromatic N) is 7. The summed E-state index contributed by atoms with van der Waals surface area (Å²) in [6, 6.07) is 1.96. The van der Waals surface area contributed by atoms with Crippen LogP contribution in [-0.4, -0.2) is 71.0 Å². The molecular formula is C16H21N7O. The van der Waals surface area contributed by atoms with Gasteiger partial charge >= 0.3 is 0 Å². The van der Waals surface area contributed by atoms with Crippen LogP contribution in [0.2, 0.25) is 0 Å². The summed E-state index contributed by atoms with van der Waals surface area (Å²) in [6.45, 7) is 4.59. The lowest BCUT2D eigenvalue weighted by molar-refractivity contribution is 0.0740. The molecule has 2 aromatic heterocycles. The molecule has 8 nitrogen and oxygen atoms in total. The van der Waals surface area contributed by atoms with E-state index in [9.17, 15) is 4.79 Å². The highest BCUT2D eigenvalue weighted by Crippen LogP contribution is 2.17. The van der Waals surface area contributed by atoms with Crippen molar-refractivity contribution in [2.24, 2.45) is 0 Å². The summed E-state index contributed by atoms with van der Waals surface area (Å²) >= 11 is 0. The Morgan fingerprint density at radius 3 is 2.50 bits per heavy atom. The third-order valence-corrected chi connectivity index (χ3v) is 3.92. The highest BCUT2D eigenvalue weighted by atomic mass is 16.2. The zero-order valence-electron chi connectivity index (χ0n) is 14.2. The zero-order chi connectivity index (χ0) is 17.1. The van der Waals surface area contributed by atoms with E-state index in [2.05, 4.69) is 24.8 Å². The number of carbonyl (C=O) groups excluding carboxylic acids is 1. The minimum atomic E-state index is -0.0816. The van der Waals surface area contributed by atoms with Crippen LogP contribution in [0.5, 0.6) is 0 Å². The molecule has 2 aromatic rings. The summed E-state index contributed by atoms with van der Waals surface area (Å²) in [4.78, 5) is 35.4. The van der Waals surface area contributed by atoms with Crippen LogP contribution in [0.25, 0.3) is 0 Å². The van der Waals surface area contributed by atoms with Gasteiger partial charge in [0, 0.05) is 64.4 Å². The number of amides is 1. The molecule has 3 heterocycles. The summed E-state index contributed by atoms with van der Waals surface area (Å²) in [7, 11) is 3.92. The number of piperazine rings is 1. The number of rotatable bonds is 3. The molecule has 126 valence electrons. The monoisotopic (exact) mass is 327 g/mol. The Hall–Kier alpha value is -2.77. The molecule has 0 atom stereocenters. The molecule has 1 aliphatic rings. The van der Waals surface area contributed by atoms with Crippen molar-refractivity contribution in [1.82, 2.24) is 24.8 Å². The van der Waals surface area contributed by atoms with E-state index in [-0.39, 0.29) is 5.91 Å². The lowest BCUT2D eigenvalue weighted by atomic mass is 10.3. The number of aryl methyl sites for hydroxylation is 1. The molecule has 1 saturated heterocycles. The molecule has 0 aromatic carbocycles. The predicted octanol–water partition coefficient (Wildman–Crippen LogP) is 0.603. The highest BCUT2D eigenvalue weighted by Gasteiger charge is 2.24. The second kappa shape index (κ2) is 6.77. The van der Waals surface area contributed by atoms with Crippen LogP contribution in [-0.2, 0) is 0 Å². The number of hydrogen-bond donors (Lipinski definition) is 0. The molecule has 3 rings (SSSR count). The van der Waals surface area contributed by atoms with E-state index in [1.165, 1.54) is 12.4 Å². The first-order valence-electron chi connectivity index (χ1n) is 7.88. The molecule has 0 bridgehead atoms. The fourth-order valence-corrected chi connectivity index (χ4v) is 2.59. The SMILES string of the molecule is Cc1cc(N(C)C)nc(N2CCN(C(=O)c3cnccn3)CC2)n1. The molecule has 0 radical (unpaired) electrons. The van der Waals surface area contributed by atoms with Gasteiger partial charge in [0.25, 0.3) is 5.91 Å². The van der Waals surface area contributed by atoms with Crippen molar-refractivity contribution in [2.45, 2.75) is 6.92 Å². The van der Waals surface area contributed by atoms with Gasteiger partial charge in [-0.05, 0) is 6.92 Å². The van der Waals surface area contributed by atoms with Crippen molar-refractivity contribution in [3.63, 3.8) is 0 Å². The van der Waals surface area contributed by atoms with E-state index in [0.717, 1.165) is 11.5 Å². The fraction of sp³-hybridized carbons (Fsp3) is 0.438. The van der Waals surface area contributed by atoms with Crippen LogP contribution in [0.15, 0.2) is 24.7 Å². The normalized spacial score (nSPS) is 14.6. The van der Waals surface area contributed by atoms with Crippen molar-refractivity contribution in [3.8, 4) is 0 Å². The van der Waals surface area contributed by atoms with Gasteiger partial charge in [-0.2, -0.15) is 4.98 Å². The van der Waals surface area contributed by atoms with Gasteiger partial charge in [-0.25, -0.2) is 9.97 Å². The van der Waals surface area contributed by atoms with Crippen molar-refractivity contribution in [3.05, 3.63) is 36.0 Å². The first-order chi connectivity index (χ1) is 11.5. The molecule has 0 saturated carbocycles. The van der Waals surface area contributed by atoms with Gasteiger partial charge in [-0.1, -0.05) is 0 Å². The lowest BCUT2D eigenvalue weighted by Gasteiger charge is -2.34. The summed E-state index contributed by atoms with van der Waals surface area (Å²) in [6.07, 6.45) is 4.60. The van der Waals surface area contributed by atoms with Crippen LogP contribution in [0.3, 0.4) is 0 Å². The molecule has 24 heavy (non-hydrogen) atoms. The number of anilines is 2. The van der Waals surface area contributed by atoms with Crippen LogP contribution < -0.4 is 9.80 Å². The molecule has 1 fully saturated rings. The number of hydrogen-bond acceptors (Lipinski definition) is 7. The van der Waals surface area contributed by atoms with Crippen LogP contribution in [0, 0.1) is 6.92 Å². The van der Waals surface area contributed by atoms with Gasteiger partial charge in [0.15, 0.2) is 0 Å². The second-order valence-corrected chi connectivity index (χ2v) is 5.93. The average molecular weight is 327 g/mol. The molecule has 0 unspecified atom stereocenters. The van der Waals surface area contributed by atoms with E-state index >= 15 is 0 Å². The summed E-state index contributed by atoms with van der Waals surface area (Å²) in [5, 5.41) is 0. The van der Waals surface area contributed by atoms with E-state index in [0.29, 0.717) is 37.8 Å². The molecule has 1 amide bonds. The van der Waals surface area contributed by atoms with Gasteiger partial charge < -0.3 is 14.7 Å². The zero-order valence-corrected chi connectivity index (χ0v) is 14.2. The van der Waals surface area contributed by atoms with Crippen LogP contribution >= 0.6 is 0 Å². The minimum Gasteiger partial charge on any atom is -0.363 e. The average Bonchev–Trinajstić information content (AvgIpc) is 2.61. The van der Waals surface area contributed by atoms with Crippen molar-refractivity contribution < 1.29 is 4.79 Å². The Kier molecular flexibility index (Phi) is 4.54. The minimum absolute atomic E-state index is 0.0816. The Balaban J connectivity index is 1.68. The molecule has 0 aliphatic carbocycles. The topological polar surface area (TPSA) is 78.4 Å². The standard InChI is InChI=1S/C16H21N7O/c1-12-10-14(21(2)3)20-16(19-12)23-8-6-22(7-9-23)15(24)13-11-17-4-5-18-13/h4-5,10-11H,6-9H2,1-3H3. The summed E-state index contributed by atoms with van der Waals surface area (Å²) < 4.78 is 0. The van der Waals surface area contributed by atoms with Crippen molar-refractivity contribution >= 4 is 17.7 Å². The van der Waals surface area contributed by atoms with Crippen LogP contribution in [0.1, 0.15) is 16.2 Å². The van der Waals surface area contributed by atoms with Crippen molar-refractivity contribution in [1.29, 1.82) is 0 Å². The fourth-order valence-electron chi connectivity index (χ4n) is 2.59. The quantitative estimate of drug-likeness (QED) is 0.817. The number of aromatic nitrogens is 4. The van der Waals surface area contributed by atoms with Gasteiger partial charge in [-0.3, -0.25) is 9.78 Å². The van der Waals surface area contributed by atoms with Crippen molar-refractivity contribution in [2.75, 3.05) is 50.1 Å². The molecule has 0 spiro atoms.